The molecular formula is C15H14N2O4. The second-order valence-corrected chi connectivity index (χ2v) is 4.32. The van der Waals surface area contributed by atoms with Crippen LogP contribution >= 0.6 is 0 Å². The average Bonchev–Trinajstić information content (AvgIpc) is 2.48. The summed E-state index contributed by atoms with van der Waals surface area (Å²) in [5.41, 5.74) is 1.22. The van der Waals surface area contributed by atoms with E-state index in [1.165, 1.54) is 17.8 Å². The van der Waals surface area contributed by atoms with Crippen molar-refractivity contribution >= 4 is 12.0 Å². The van der Waals surface area contributed by atoms with Gasteiger partial charge in [-0.15, -0.1) is 0 Å². The van der Waals surface area contributed by atoms with Crippen molar-refractivity contribution in [3.63, 3.8) is 0 Å². The molecule has 0 atom stereocenters. The smallest absolute Gasteiger partial charge is 0.328 e. The Morgan fingerprint density at radius 1 is 1.38 bits per heavy atom. The molecular weight excluding hydrogens is 272 g/mol. The SMILES string of the molecule is COc1cccc(-c2cc(/C=C/C(=O)O)c(=O)n(C)n2)c1. The van der Waals surface area contributed by atoms with Gasteiger partial charge in [0.15, 0.2) is 0 Å². The van der Waals surface area contributed by atoms with Crippen molar-refractivity contribution in [1.29, 1.82) is 0 Å². The van der Waals surface area contributed by atoms with E-state index in [0.717, 1.165) is 11.6 Å². The van der Waals surface area contributed by atoms with Gasteiger partial charge in [-0.1, -0.05) is 12.1 Å². The van der Waals surface area contributed by atoms with E-state index in [2.05, 4.69) is 5.10 Å². The van der Waals surface area contributed by atoms with Crippen molar-refractivity contribution in [2.45, 2.75) is 0 Å². The third-order valence-electron chi connectivity index (χ3n) is 2.86. The summed E-state index contributed by atoms with van der Waals surface area (Å²) in [7, 11) is 3.08. The van der Waals surface area contributed by atoms with Gasteiger partial charge in [-0.25, -0.2) is 9.48 Å². The summed E-state index contributed by atoms with van der Waals surface area (Å²) in [6.07, 6.45) is 2.18. The van der Waals surface area contributed by atoms with Gasteiger partial charge in [-0.3, -0.25) is 4.79 Å². The van der Waals surface area contributed by atoms with E-state index in [-0.39, 0.29) is 11.1 Å². The Balaban J connectivity index is 2.54. The summed E-state index contributed by atoms with van der Waals surface area (Å²) < 4.78 is 6.33. The lowest BCUT2D eigenvalue weighted by atomic mass is 10.1. The first-order valence-corrected chi connectivity index (χ1v) is 6.15. The van der Waals surface area contributed by atoms with Gasteiger partial charge in [0, 0.05) is 24.3 Å². The number of carbonyl (C=O) groups is 1. The number of aryl methyl sites for hydroxylation is 1. The molecule has 1 heterocycles. The molecule has 0 aliphatic rings. The van der Waals surface area contributed by atoms with Crippen LogP contribution in [-0.4, -0.2) is 28.0 Å². The minimum Gasteiger partial charge on any atom is -0.497 e. The zero-order valence-corrected chi connectivity index (χ0v) is 11.6. The monoisotopic (exact) mass is 286 g/mol. The molecule has 0 amide bonds. The highest BCUT2D eigenvalue weighted by Crippen LogP contribution is 2.22. The van der Waals surface area contributed by atoms with E-state index in [1.54, 1.807) is 25.3 Å². The maximum atomic E-state index is 11.9. The van der Waals surface area contributed by atoms with E-state index in [9.17, 15) is 9.59 Å². The summed E-state index contributed by atoms with van der Waals surface area (Å²) in [6.45, 7) is 0. The van der Waals surface area contributed by atoms with Crippen LogP contribution in [-0.2, 0) is 11.8 Å². The van der Waals surface area contributed by atoms with Gasteiger partial charge in [-0.05, 0) is 24.3 Å². The number of methoxy groups -OCH3 is 1. The zero-order valence-electron chi connectivity index (χ0n) is 11.6. The van der Waals surface area contributed by atoms with E-state index in [4.69, 9.17) is 9.84 Å². The molecule has 0 aliphatic heterocycles. The highest BCUT2D eigenvalue weighted by Gasteiger charge is 2.07. The minimum absolute atomic E-state index is 0.257. The van der Waals surface area contributed by atoms with Crippen LogP contribution in [0, 0.1) is 0 Å². The summed E-state index contributed by atoms with van der Waals surface area (Å²) in [4.78, 5) is 22.5. The van der Waals surface area contributed by atoms with Crippen LogP contribution in [0.1, 0.15) is 5.56 Å². The van der Waals surface area contributed by atoms with Crippen LogP contribution in [0.25, 0.3) is 17.3 Å². The Hall–Kier alpha value is -2.89. The molecule has 0 spiro atoms. The molecule has 0 radical (unpaired) electrons. The van der Waals surface area contributed by atoms with Crippen molar-refractivity contribution < 1.29 is 14.6 Å². The predicted molar refractivity (Wildman–Crippen MR) is 78.1 cm³/mol. The van der Waals surface area contributed by atoms with Crippen LogP contribution < -0.4 is 10.3 Å². The van der Waals surface area contributed by atoms with Crippen LogP contribution in [0.2, 0.25) is 0 Å². The molecule has 2 aromatic rings. The quantitative estimate of drug-likeness (QED) is 0.862. The van der Waals surface area contributed by atoms with Gasteiger partial charge >= 0.3 is 5.97 Å². The number of carboxylic acid groups (broad SMARTS) is 1. The standard InChI is InChI=1S/C15H14N2O4/c1-17-15(20)11(6-7-14(18)19)9-13(16-17)10-4-3-5-12(8-10)21-2/h3-9H,1-2H3,(H,18,19)/b7-6+. The Morgan fingerprint density at radius 3 is 2.81 bits per heavy atom. The predicted octanol–water partition coefficient (Wildman–Crippen LogP) is 1.55. The number of hydrogen-bond acceptors (Lipinski definition) is 4. The third kappa shape index (κ3) is 3.36. The van der Waals surface area contributed by atoms with Crippen molar-refractivity contribution in [2.24, 2.45) is 7.05 Å². The average molecular weight is 286 g/mol. The molecule has 21 heavy (non-hydrogen) atoms. The normalized spacial score (nSPS) is 10.8. The molecule has 108 valence electrons. The van der Waals surface area contributed by atoms with Crippen molar-refractivity contribution in [3.05, 3.63) is 52.3 Å². The number of benzene rings is 1. The number of hydrogen-bond donors (Lipinski definition) is 1. The number of rotatable bonds is 4. The zero-order chi connectivity index (χ0) is 15.4. The molecule has 2 rings (SSSR count). The van der Waals surface area contributed by atoms with Gasteiger partial charge in [0.1, 0.15) is 5.75 Å². The molecule has 0 aliphatic carbocycles. The summed E-state index contributed by atoms with van der Waals surface area (Å²) >= 11 is 0. The molecule has 6 heteroatoms. The van der Waals surface area contributed by atoms with Gasteiger partial charge in [-0.2, -0.15) is 5.10 Å². The van der Waals surface area contributed by atoms with Crippen LogP contribution in [0.15, 0.2) is 41.2 Å². The fraction of sp³-hybridized carbons (Fsp3) is 0.133. The van der Waals surface area contributed by atoms with E-state index >= 15 is 0 Å². The lowest BCUT2D eigenvalue weighted by molar-refractivity contribution is -0.131. The second kappa shape index (κ2) is 6.04. The number of nitrogens with zero attached hydrogens (tertiary/aromatic N) is 2. The van der Waals surface area contributed by atoms with Gasteiger partial charge in [0.25, 0.3) is 5.56 Å². The van der Waals surface area contributed by atoms with Crippen molar-refractivity contribution in [1.82, 2.24) is 9.78 Å². The Labute approximate surface area is 120 Å². The number of carboxylic acids is 1. The number of aliphatic carboxylic acids is 1. The fourth-order valence-electron chi connectivity index (χ4n) is 1.84. The Bertz CT molecular complexity index is 763. The first-order chi connectivity index (χ1) is 10.0. The topological polar surface area (TPSA) is 81.4 Å². The lowest BCUT2D eigenvalue weighted by Crippen LogP contribution is -2.22. The Morgan fingerprint density at radius 2 is 2.14 bits per heavy atom. The van der Waals surface area contributed by atoms with E-state index in [0.29, 0.717) is 11.4 Å². The maximum Gasteiger partial charge on any atom is 0.328 e. The number of ether oxygens (including phenoxy) is 1. The third-order valence-corrected chi connectivity index (χ3v) is 2.86. The van der Waals surface area contributed by atoms with Crippen molar-refractivity contribution in [2.75, 3.05) is 7.11 Å². The molecule has 0 fully saturated rings. The Kier molecular flexibility index (Phi) is 4.18. The maximum absolute atomic E-state index is 11.9. The van der Waals surface area contributed by atoms with Gasteiger partial charge in [0.2, 0.25) is 0 Å². The molecule has 1 N–H and O–H groups in total. The van der Waals surface area contributed by atoms with E-state index < -0.39 is 5.97 Å². The molecule has 1 aromatic heterocycles. The minimum atomic E-state index is -1.11. The lowest BCUT2D eigenvalue weighted by Gasteiger charge is -2.07. The van der Waals surface area contributed by atoms with Crippen LogP contribution in [0.4, 0.5) is 0 Å². The van der Waals surface area contributed by atoms with Crippen LogP contribution in [0.5, 0.6) is 5.75 Å². The highest BCUT2D eigenvalue weighted by atomic mass is 16.5. The highest BCUT2D eigenvalue weighted by molar-refractivity contribution is 5.85. The fourth-order valence-corrected chi connectivity index (χ4v) is 1.84. The number of aromatic nitrogens is 2. The first kappa shape index (κ1) is 14.5. The van der Waals surface area contributed by atoms with Gasteiger partial charge in [0.05, 0.1) is 12.8 Å². The molecule has 6 nitrogen and oxygen atoms in total. The molecule has 0 saturated carbocycles. The van der Waals surface area contributed by atoms with Gasteiger partial charge < -0.3 is 9.84 Å². The molecule has 0 saturated heterocycles. The molecule has 1 aromatic carbocycles. The largest absolute Gasteiger partial charge is 0.497 e. The first-order valence-electron chi connectivity index (χ1n) is 6.15. The van der Waals surface area contributed by atoms with Crippen LogP contribution in [0.3, 0.4) is 0 Å². The second-order valence-electron chi connectivity index (χ2n) is 4.32. The summed E-state index contributed by atoms with van der Waals surface area (Å²) in [5, 5.41) is 12.8. The van der Waals surface area contributed by atoms with E-state index in [1.807, 2.05) is 12.1 Å². The summed E-state index contributed by atoms with van der Waals surface area (Å²) in [5.74, 6) is -0.442. The summed E-state index contributed by atoms with van der Waals surface area (Å²) in [6, 6.07) is 8.79. The molecule has 0 unspecified atom stereocenters. The molecule has 0 bridgehead atoms. The van der Waals surface area contributed by atoms with Crippen molar-refractivity contribution in [3.8, 4) is 17.0 Å².